The Labute approximate surface area is 160 Å². The van der Waals surface area contributed by atoms with Gasteiger partial charge in [0.1, 0.15) is 0 Å². The molecule has 5 heteroatoms. The molecule has 0 bridgehead atoms. The van der Waals surface area contributed by atoms with Crippen molar-refractivity contribution < 1.29 is 9.59 Å². The standard InChI is InChI=1S/C22H27N3O2/c1-25-13-11-17(12-14-25)15-21(26)24-20-10-6-5-9-19(20)22(27)23-16-18-7-3-2-4-8-18/h2-10,17H,11-16H2,1H3,(H,23,27)(H,24,26). The van der Waals surface area contributed by atoms with Gasteiger partial charge in [0.2, 0.25) is 5.91 Å². The summed E-state index contributed by atoms with van der Waals surface area (Å²) in [6.45, 7) is 2.53. The molecule has 1 aliphatic rings. The van der Waals surface area contributed by atoms with Crippen LogP contribution in [0.4, 0.5) is 5.69 Å². The van der Waals surface area contributed by atoms with Gasteiger partial charge in [-0.15, -0.1) is 0 Å². The van der Waals surface area contributed by atoms with Crippen molar-refractivity contribution in [2.45, 2.75) is 25.8 Å². The minimum Gasteiger partial charge on any atom is -0.348 e. The fourth-order valence-corrected chi connectivity index (χ4v) is 3.39. The third kappa shape index (κ3) is 5.66. The van der Waals surface area contributed by atoms with Crippen LogP contribution in [0.3, 0.4) is 0 Å². The highest BCUT2D eigenvalue weighted by atomic mass is 16.2. The summed E-state index contributed by atoms with van der Waals surface area (Å²) >= 11 is 0. The first kappa shape index (κ1) is 19.1. The predicted molar refractivity (Wildman–Crippen MR) is 108 cm³/mol. The monoisotopic (exact) mass is 365 g/mol. The van der Waals surface area contributed by atoms with Crippen molar-refractivity contribution in [3.05, 3.63) is 65.7 Å². The molecule has 1 fully saturated rings. The van der Waals surface area contributed by atoms with E-state index in [-0.39, 0.29) is 11.8 Å². The summed E-state index contributed by atoms with van der Waals surface area (Å²) in [6, 6.07) is 16.9. The molecule has 0 saturated carbocycles. The van der Waals surface area contributed by atoms with E-state index in [4.69, 9.17) is 0 Å². The zero-order valence-corrected chi connectivity index (χ0v) is 15.8. The number of nitrogens with one attached hydrogen (secondary N) is 2. The van der Waals surface area contributed by atoms with Gasteiger partial charge in [-0.3, -0.25) is 9.59 Å². The summed E-state index contributed by atoms with van der Waals surface area (Å²) in [5.41, 5.74) is 2.10. The lowest BCUT2D eigenvalue weighted by Gasteiger charge is -2.28. The predicted octanol–water partition coefficient (Wildman–Crippen LogP) is 3.29. The van der Waals surface area contributed by atoms with Gasteiger partial charge in [-0.25, -0.2) is 0 Å². The molecular weight excluding hydrogens is 338 g/mol. The molecule has 5 nitrogen and oxygen atoms in total. The largest absolute Gasteiger partial charge is 0.348 e. The minimum absolute atomic E-state index is 0.0205. The van der Waals surface area contributed by atoms with Gasteiger partial charge in [0.15, 0.2) is 0 Å². The van der Waals surface area contributed by atoms with E-state index in [0.717, 1.165) is 31.5 Å². The quantitative estimate of drug-likeness (QED) is 0.826. The molecule has 0 aliphatic carbocycles. The van der Waals surface area contributed by atoms with Crippen LogP contribution in [0.15, 0.2) is 54.6 Å². The Balaban J connectivity index is 1.58. The number of hydrogen-bond donors (Lipinski definition) is 2. The molecule has 2 aromatic carbocycles. The first-order valence-corrected chi connectivity index (χ1v) is 9.51. The number of carbonyl (C=O) groups excluding carboxylic acids is 2. The van der Waals surface area contributed by atoms with Gasteiger partial charge < -0.3 is 15.5 Å². The van der Waals surface area contributed by atoms with Gasteiger partial charge in [0.05, 0.1) is 11.3 Å². The van der Waals surface area contributed by atoms with Crippen LogP contribution in [0, 0.1) is 5.92 Å². The topological polar surface area (TPSA) is 61.4 Å². The van der Waals surface area contributed by atoms with Gasteiger partial charge in [-0.05, 0) is 56.6 Å². The number of likely N-dealkylation sites (tertiary alicyclic amines) is 1. The van der Waals surface area contributed by atoms with Gasteiger partial charge >= 0.3 is 0 Å². The number of benzene rings is 2. The van der Waals surface area contributed by atoms with Crippen molar-refractivity contribution in [2.24, 2.45) is 5.92 Å². The van der Waals surface area contributed by atoms with Crippen LogP contribution in [0.1, 0.15) is 35.2 Å². The van der Waals surface area contributed by atoms with E-state index in [9.17, 15) is 9.59 Å². The molecule has 27 heavy (non-hydrogen) atoms. The molecule has 3 rings (SSSR count). The SMILES string of the molecule is CN1CCC(CC(=O)Nc2ccccc2C(=O)NCc2ccccc2)CC1. The maximum absolute atomic E-state index is 12.6. The van der Waals surface area contributed by atoms with E-state index >= 15 is 0 Å². The van der Waals surface area contributed by atoms with Gasteiger partial charge in [0, 0.05) is 13.0 Å². The fourth-order valence-electron chi connectivity index (χ4n) is 3.39. The number of rotatable bonds is 6. The number of anilines is 1. The highest BCUT2D eigenvalue weighted by Gasteiger charge is 2.20. The van der Waals surface area contributed by atoms with Crippen LogP contribution in [-0.2, 0) is 11.3 Å². The first-order chi connectivity index (χ1) is 13.1. The fraction of sp³-hybridized carbons (Fsp3) is 0.364. The summed E-state index contributed by atoms with van der Waals surface area (Å²) in [6.07, 6.45) is 2.60. The van der Waals surface area contributed by atoms with Crippen LogP contribution in [0.5, 0.6) is 0 Å². The molecule has 2 aromatic rings. The van der Waals surface area contributed by atoms with Gasteiger partial charge in [-0.2, -0.15) is 0 Å². The number of piperidine rings is 1. The first-order valence-electron chi connectivity index (χ1n) is 9.51. The van der Waals surface area contributed by atoms with Crippen LogP contribution in [0.25, 0.3) is 0 Å². The van der Waals surface area contributed by atoms with Crippen molar-refractivity contribution in [3.63, 3.8) is 0 Å². The number of carbonyl (C=O) groups is 2. The van der Waals surface area contributed by atoms with Crippen molar-refractivity contribution >= 4 is 17.5 Å². The molecule has 1 saturated heterocycles. The normalized spacial score (nSPS) is 15.3. The molecule has 0 radical (unpaired) electrons. The van der Waals surface area contributed by atoms with Gasteiger partial charge in [-0.1, -0.05) is 42.5 Å². The molecule has 0 atom stereocenters. The molecule has 0 spiro atoms. The Hall–Kier alpha value is -2.66. The van der Waals surface area contributed by atoms with Crippen molar-refractivity contribution in [1.82, 2.24) is 10.2 Å². The van der Waals surface area contributed by atoms with Gasteiger partial charge in [0.25, 0.3) is 5.91 Å². The summed E-state index contributed by atoms with van der Waals surface area (Å²) in [7, 11) is 2.11. The zero-order chi connectivity index (χ0) is 19.1. The number of hydrogen-bond acceptors (Lipinski definition) is 3. The second-order valence-electron chi connectivity index (χ2n) is 7.21. The van der Waals surface area contributed by atoms with Crippen molar-refractivity contribution in [3.8, 4) is 0 Å². The van der Waals surface area contributed by atoms with Crippen molar-refractivity contribution in [2.75, 3.05) is 25.5 Å². The molecular formula is C22H27N3O2. The van der Waals surface area contributed by atoms with E-state index in [2.05, 4.69) is 22.6 Å². The van der Waals surface area contributed by atoms with Crippen molar-refractivity contribution in [1.29, 1.82) is 0 Å². The molecule has 2 amide bonds. The van der Waals surface area contributed by atoms with E-state index < -0.39 is 0 Å². The van der Waals surface area contributed by atoms with E-state index in [1.165, 1.54) is 0 Å². The number of amides is 2. The summed E-state index contributed by atoms with van der Waals surface area (Å²) in [5.74, 6) is 0.210. The molecule has 1 heterocycles. The van der Waals surface area contributed by atoms with Crippen LogP contribution >= 0.6 is 0 Å². The average Bonchev–Trinajstić information content (AvgIpc) is 2.69. The minimum atomic E-state index is -0.186. The second-order valence-corrected chi connectivity index (χ2v) is 7.21. The molecule has 142 valence electrons. The Morgan fingerprint density at radius 1 is 1.00 bits per heavy atom. The Kier molecular flexibility index (Phi) is 6.60. The maximum Gasteiger partial charge on any atom is 0.253 e. The lowest BCUT2D eigenvalue weighted by Crippen LogP contribution is -2.32. The smallest absolute Gasteiger partial charge is 0.253 e. The summed E-state index contributed by atoms with van der Waals surface area (Å²) in [4.78, 5) is 27.3. The molecule has 0 aromatic heterocycles. The Bertz CT molecular complexity index is 768. The average molecular weight is 365 g/mol. The number of para-hydroxylation sites is 1. The van der Waals surface area contributed by atoms with Crippen LogP contribution < -0.4 is 10.6 Å². The molecule has 2 N–H and O–H groups in total. The molecule has 0 unspecified atom stereocenters. The van der Waals surface area contributed by atoms with E-state index in [1.54, 1.807) is 12.1 Å². The van der Waals surface area contributed by atoms with Crippen LogP contribution in [0.2, 0.25) is 0 Å². The second kappa shape index (κ2) is 9.33. The zero-order valence-electron chi connectivity index (χ0n) is 15.8. The highest BCUT2D eigenvalue weighted by Crippen LogP contribution is 2.21. The molecule has 1 aliphatic heterocycles. The number of nitrogens with zero attached hydrogens (tertiary/aromatic N) is 1. The van der Waals surface area contributed by atoms with E-state index in [0.29, 0.717) is 30.1 Å². The van der Waals surface area contributed by atoms with Crippen LogP contribution in [-0.4, -0.2) is 36.9 Å². The Morgan fingerprint density at radius 2 is 1.67 bits per heavy atom. The lowest BCUT2D eigenvalue weighted by molar-refractivity contribution is -0.117. The summed E-state index contributed by atoms with van der Waals surface area (Å²) in [5, 5.41) is 5.85. The lowest BCUT2D eigenvalue weighted by atomic mass is 9.93. The third-order valence-electron chi connectivity index (χ3n) is 5.05. The highest BCUT2D eigenvalue weighted by molar-refractivity contribution is 6.03. The Morgan fingerprint density at radius 3 is 2.41 bits per heavy atom. The van der Waals surface area contributed by atoms with E-state index in [1.807, 2.05) is 42.5 Å². The third-order valence-corrected chi connectivity index (χ3v) is 5.05. The maximum atomic E-state index is 12.6. The summed E-state index contributed by atoms with van der Waals surface area (Å²) < 4.78 is 0.